The maximum absolute atomic E-state index is 12.8. The second kappa shape index (κ2) is 7.61. The van der Waals surface area contributed by atoms with Gasteiger partial charge in [0.1, 0.15) is 11.1 Å². The van der Waals surface area contributed by atoms with Crippen LogP contribution in [-0.2, 0) is 14.8 Å². The number of carbonyl (C=O) groups excluding carboxylic acids is 1. The third-order valence-corrected chi connectivity index (χ3v) is 7.19. The zero-order valence-corrected chi connectivity index (χ0v) is 16.3. The molecule has 0 spiro atoms. The Balaban J connectivity index is 1.71. The zero-order chi connectivity index (χ0) is 19.8. The van der Waals surface area contributed by atoms with Crippen LogP contribution in [-0.4, -0.2) is 60.4 Å². The first-order chi connectivity index (χ1) is 12.7. The van der Waals surface area contributed by atoms with Crippen molar-refractivity contribution >= 4 is 33.4 Å². The second-order valence-corrected chi connectivity index (χ2v) is 8.92. The minimum absolute atomic E-state index is 0.0694. The highest BCUT2D eigenvalue weighted by atomic mass is 35.5. The highest BCUT2D eigenvalue weighted by molar-refractivity contribution is 7.89. The van der Waals surface area contributed by atoms with Crippen LogP contribution >= 0.6 is 11.6 Å². The predicted octanol–water partition coefficient (Wildman–Crippen LogP) is 2.63. The van der Waals surface area contributed by atoms with E-state index in [2.05, 4.69) is 0 Å². The zero-order valence-electron chi connectivity index (χ0n) is 14.7. The van der Waals surface area contributed by atoms with Crippen LogP contribution in [0, 0.1) is 10.1 Å². The molecule has 1 aromatic carbocycles. The monoisotopic (exact) mass is 417 g/mol. The fourth-order valence-corrected chi connectivity index (χ4v) is 5.06. The molecule has 2 heterocycles. The molecule has 148 valence electrons. The van der Waals surface area contributed by atoms with Crippen molar-refractivity contribution in [3.63, 3.8) is 0 Å². The van der Waals surface area contributed by atoms with Gasteiger partial charge < -0.3 is 9.64 Å². The standard InChI is InChI=1S/C16H20ClN3O6S/c1-2-12-10-19(16(21)26-12)11-5-7-18(8-6-11)27(24,25)13-3-4-14(17)15(9-13)20(22)23/h3-4,9,11-12H,2,5-8,10H2,1H3. The SMILES string of the molecule is CCC1CN(C2CCN(S(=O)(=O)c3ccc(Cl)c([N+](=O)[O-])c3)CC2)C(=O)O1. The van der Waals surface area contributed by atoms with Gasteiger partial charge in [0.15, 0.2) is 0 Å². The molecular formula is C16H20ClN3O6S. The van der Waals surface area contributed by atoms with Gasteiger partial charge in [-0.05, 0) is 31.4 Å². The van der Waals surface area contributed by atoms with Gasteiger partial charge >= 0.3 is 6.09 Å². The average Bonchev–Trinajstić information content (AvgIpc) is 3.02. The lowest BCUT2D eigenvalue weighted by molar-refractivity contribution is -0.384. The number of amides is 1. The molecule has 3 rings (SSSR count). The van der Waals surface area contributed by atoms with Crippen LogP contribution in [0.1, 0.15) is 26.2 Å². The summed E-state index contributed by atoms with van der Waals surface area (Å²) < 4.78 is 32.2. The quantitative estimate of drug-likeness (QED) is 0.538. The second-order valence-electron chi connectivity index (χ2n) is 6.57. The van der Waals surface area contributed by atoms with Crippen LogP contribution in [0.25, 0.3) is 0 Å². The molecule has 0 aromatic heterocycles. The molecule has 1 atom stereocenters. The maximum Gasteiger partial charge on any atom is 0.410 e. The molecule has 2 saturated heterocycles. The summed E-state index contributed by atoms with van der Waals surface area (Å²) in [6.07, 6.45) is 1.25. The number of benzene rings is 1. The fraction of sp³-hybridized carbons (Fsp3) is 0.562. The molecule has 1 aromatic rings. The van der Waals surface area contributed by atoms with E-state index < -0.39 is 20.6 Å². The highest BCUT2D eigenvalue weighted by Gasteiger charge is 2.39. The number of ether oxygens (including phenoxy) is 1. The molecule has 11 heteroatoms. The summed E-state index contributed by atoms with van der Waals surface area (Å²) in [6.45, 7) is 2.92. The largest absolute Gasteiger partial charge is 0.444 e. The average molecular weight is 418 g/mol. The minimum atomic E-state index is -3.88. The van der Waals surface area contributed by atoms with Crippen molar-refractivity contribution in [2.24, 2.45) is 0 Å². The molecule has 9 nitrogen and oxygen atoms in total. The lowest BCUT2D eigenvalue weighted by Crippen LogP contribution is -2.47. The van der Waals surface area contributed by atoms with Crippen LogP contribution in [0.3, 0.4) is 0 Å². The smallest absolute Gasteiger partial charge is 0.410 e. The highest BCUT2D eigenvalue weighted by Crippen LogP contribution is 2.31. The number of rotatable bonds is 5. The third kappa shape index (κ3) is 3.87. The summed E-state index contributed by atoms with van der Waals surface area (Å²) in [5, 5.41) is 10.9. The number of carbonyl (C=O) groups is 1. The number of hydrogen-bond acceptors (Lipinski definition) is 6. The topological polar surface area (TPSA) is 110 Å². The number of cyclic esters (lactones) is 1. The lowest BCUT2D eigenvalue weighted by atomic mass is 10.1. The van der Waals surface area contributed by atoms with Crippen LogP contribution in [0.5, 0.6) is 0 Å². The van der Waals surface area contributed by atoms with Crippen LogP contribution in [0.15, 0.2) is 23.1 Å². The minimum Gasteiger partial charge on any atom is -0.444 e. The van der Waals surface area contributed by atoms with Gasteiger partial charge in [-0.3, -0.25) is 10.1 Å². The molecule has 0 bridgehead atoms. The summed E-state index contributed by atoms with van der Waals surface area (Å²) in [4.78, 5) is 23.8. The van der Waals surface area contributed by atoms with E-state index >= 15 is 0 Å². The van der Waals surface area contributed by atoms with Crippen molar-refractivity contribution in [2.45, 2.75) is 43.2 Å². The molecule has 0 N–H and O–H groups in total. The van der Waals surface area contributed by atoms with Crippen molar-refractivity contribution in [3.8, 4) is 0 Å². The first kappa shape index (κ1) is 19.8. The first-order valence-corrected chi connectivity index (χ1v) is 10.5. The van der Waals surface area contributed by atoms with Gasteiger partial charge in [0.05, 0.1) is 16.4 Å². The third-order valence-electron chi connectivity index (χ3n) is 4.97. The van der Waals surface area contributed by atoms with Gasteiger partial charge in [0, 0.05) is 25.2 Å². The Bertz CT molecular complexity index is 854. The van der Waals surface area contributed by atoms with Crippen molar-refractivity contribution in [2.75, 3.05) is 19.6 Å². The van der Waals surface area contributed by atoms with Gasteiger partial charge in [-0.15, -0.1) is 0 Å². The van der Waals surface area contributed by atoms with Gasteiger partial charge in [-0.2, -0.15) is 4.31 Å². The maximum atomic E-state index is 12.8. The molecule has 0 radical (unpaired) electrons. The fourth-order valence-electron chi connectivity index (χ4n) is 3.39. The molecule has 27 heavy (non-hydrogen) atoms. The van der Waals surface area contributed by atoms with Crippen molar-refractivity contribution in [1.29, 1.82) is 0 Å². The van der Waals surface area contributed by atoms with Crippen molar-refractivity contribution in [1.82, 2.24) is 9.21 Å². The molecule has 1 unspecified atom stereocenters. The molecular weight excluding hydrogens is 398 g/mol. The lowest BCUT2D eigenvalue weighted by Gasteiger charge is -2.34. The van der Waals surface area contributed by atoms with Gasteiger partial charge in [-0.1, -0.05) is 18.5 Å². The summed E-state index contributed by atoms with van der Waals surface area (Å²) in [5.41, 5.74) is -0.446. The Morgan fingerprint density at radius 3 is 2.56 bits per heavy atom. The van der Waals surface area contributed by atoms with E-state index in [-0.39, 0.29) is 41.2 Å². The number of nitrogens with zero attached hydrogens (tertiary/aromatic N) is 3. The molecule has 1 amide bonds. The van der Waals surface area contributed by atoms with E-state index in [0.717, 1.165) is 12.5 Å². The Morgan fingerprint density at radius 1 is 1.33 bits per heavy atom. The van der Waals surface area contributed by atoms with Crippen molar-refractivity contribution < 1.29 is 22.9 Å². The number of halogens is 1. The van der Waals surface area contributed by atoms with E-state index in [1.54, 1.807) is 4.90 Å². The predicted molar refractivity (Wildman–Crippen MR) is 97.2 cm³/mol. The Hall–Kier alpha value is -1.91. The van der Waals surface area contributed by atoms with E-state index in [1.807, 2.05) is 6.92 Å². The summed E-state index contributed by atoms with van der Waals surface area (Å²) in [6, 6.07) is 3.39. The van der Waals surface area contributed by atoms with Gasteiger partial charge in [-0.25, -0.2) is 13.2 Å². The molecule has 0 aliphatic carbocycles. The number of sulfonamides is 1. The molecule has 2 fully saturated rings. The summed E-state index contributed by atoms with van der Waals surface area (Å²) in [7, 11) is -3.88. The Morgan fingerprint density at radius 2 is 2.00 bits per heavy atom. The van der Waals surface area contributed by atoms with E-state index in [0.29, 0.717) is 19.4 Å². The number of nitro groups is 1. The number of hydrogen-bond donors (Lipinski definition) is 0. The number of piperidine rings is 1. The summed E-state index contributed by atoms with van der Waals surface area (Å²) in [5.74, 6) is 0. The van der Waals surface area contributed by atoms with E-state index in [9.17, 15) is 23.3 Å². The first-order valence-electron chi connectivity index (χ1n) is 8.65. The molecule has 2 aliphatic heterocycles. The van der Waals surface area contributed by atoms with Crippen LogP contribution < -0.4 is 0 Å². The Kier molecular flexibility index (Phi) is 5.59. The van der Waals surface area contributed by atoms with E-state index in [1.165, 1.54) is 16.4 Å². The van der Waals surface area contributed by atoms with Crippen LogP contribution in [0.4, 0.5) is 10.5 Å². The van der Waals surface area contributed by atoms with Crippen molar-refractivity contribution in [3.05, 3.63) is 33.3 Å². The van der Waals surface area contributed by atoms with Crippen LogP contribution in [0.2, 0.25) is 5.02 Å². The molecule has 2 aliphatic rings. The van der Waals surface area contributed by atoms with E-state index in [4.69, 9.17) is 16.3 Å². The number of nitro benzene ring substituents is 1. The molecule has 0 saturated carbocycles. The Labute approximate surface area is 162 Å². The van der Waals surface area contributed by atoms with Gasteiger partial charge in [0.25, 0.3) is 5.69 Å². The normalized spacial score (nSPS) is 22.1. The summed E-state index contributed by atoms with van der Waals surface area (Å²) >= 11 is 5.76. The van der Waals surface area contributed by atoms with Gasteiger partial charge in [0.2, 0.25) is 10.0 Å².